The maximum Gasteiger partial charge on any atom is 0.328 e. The van der Waals surface area contributed by atoms with Crippen LogP contribution in [0.4, 0.5) is 0 Å². The van der Waals surface area contributed by atoms with Crippen LogP contribution in [0, 0.1) is 5.92 Å². The summed E-state index contributed by atoms with van der Waals surface area (Å²) in [6.45, 7) is 2.77. The lowest BCUT2D eigenvalue weighted by Gasteiger charge is -2.26. The minimum atomic E-state index is -1.59. The number of phenols is 1. The summed E-state index contributed by atoms with van der Waals surface area (Å²) >= 11 is 0. The van der Waals surface area contributed by atoms with Gasteiger partial charge in [-0.2, -0.15) is 0 Å². The number of carboxylic acid groups (broad SMARTS) is 1. The van der Waals surface area contributed by atoms with Crippen LogP contribution in [-0.2, 0) is 30.4 Å². The second-order valence-electron chi connectivity index (χ2n) is 8.82. The fourth-order valence-electron chi connectivity index (χ4n) is 3.22. The monoisotopic (exact) mass is 509 g/mol. The number of nitrogens with two attached hydrogens (primary N) is 2. The van der Waals surface area contributed by atoms with Gasteiger partial charge >= 0.3 is 5.97 Å². The molecule has 200 valence electrons. The van der Waals surface area contributed by atoms with Crippen molar-refractivity contribution in [2.75, 3.05) is 6.61 Å². The third kappa shape index (κ3) is 10.7. The molecule has 0 aliphatic rings. The zero-order chi connectivity index (χ0) is 27.4. The van der Waals surface area contributed by atoms with Crippen molar-refractivity contribution in [1.29, 1.82) is 0 Å². The summed E-state index contributed by atoms with van der Waals surface area (Å²) in [5.41, 5.74) is 11.4. The number of aliphatic hydroxyl groups excluding tert-OH is 1. The molecule has 0 saturated heterocycles. The highest BCUT2D eigenvalue weighted by atomic mass is 16.4. The van der Waals surface area contributed by atoms with Gasteiger partial charge in [0.15, 0.2) is 0 Å². The van der Waals surface area contributed by atoms with Gasteiger partial charge in [0.1, 0.15) is 23.9 Å². The number of carbonyl (C=O) groups excluding carboxylic acids is 4. The van der Waals surface area contributed by atoms with Gasteiger partial charge in [-0.3, -0.25) is 19.2 Å². The normalized spacial score (nSPS) is 14.2. The fourth-order valence-corrected chi connectivity index (χ4v) is 3.22. The van der Waals surface area contributed by atoms with Crippen molar-refractivity contribution in [2.24, 2.45) is 17.4 Å². The van der Waals surface area contributed by atoms with Crippen LogP contribution in [0.3, 0.4) is 0 Å². The number of hydrogen-bond acceptors (Lipinski definition) is 8. The molecule has 0 aliphatic heterocycles. The number of benzene rings is 1. The van der Waals surface area contributed by atoms with Crippen LogP contribution >= 0.6 is 0 Å². The molecule has 4 atom stereocenters. The largest absolute Gasteiger partial charge is 0.508 e. The first-order chi connectivity index (χ1) is 16.8. The molecule has 1 aromatic rings. The molecular weight excluding hydrogens is 474 g/mol. The first kappa shape index (κ1) is 30.3. The average Bonchev–Trinajstić information content (AvgIpc) is 2.80. The Morgan fingerprint density at radius 1 is 0.889 bits per heavy atom. The molecule has 0 saturated carbocycles. The van der Waals surface area contributed by atoms with E-state index in [1.807, 2.05) is 13.8 Å². The van der Waals surface area contributed by atoms with E-state index in [4.69, 9.17) is 16.6 Å². The van der Waals surface area contributed by atoms with Crippen molar-refractivity contribution in [1.82, 2.24) is 16.0 Å². The molecule has 0 aliphatic carbocycles. The third-order valence-corrected chi connectivity index (χ3v) is 5.18. The average molecular weight is 510 g/mol. The van der Waals surface area contributed by atoms with E-state index in [0.717, 1.165) is 0 Å². The highest BCUT2D eigenvalue weighted by Gasteiger charge is 2.30. The molecule has 0 spiro atoms. The molecule has 4 unspecified atom stereocenters. The molecular formula is C23H35N5O8. The Morgan fingerprint density at radius 3 is 1.92 bits per heavy atom. The van der Waals surface area contributed by atoms with E-state index in [9.17, 15) is 34.2 Å². The van der Waals surface area contributed by atoms with Crippen LogP contribution in [0.25, 0.3) is 0 Å². The maximum absolute atomic E-state index is 13.1. The molecule has 0 aromatic heterocycles. The molecule has 36 heavy (non-hydrogen) atoms. The number of carbonyl (C=O) groups is 5. The standard InChI is InChI=1S/C23H35N5O8/c1-12(2)9-16(26-20(32)15(24)7-8-19(25)31)21(33)27-17(10-13-3-5-14(30)6-4-13)22(34)28-18(11-29)23(35)36/h3-6,12,15-18,29-30H,7-11,24H2,1-2H3,(H2,25,31)(H,26,32)(H,27,33)(H,28,34)(H,35,36). The summed E-state index contributed by atoms with van der Waals surface area (Å²) in [6.07, 6.45) is -0.000938. The van der Waals surface area contributed by atoms with Crippen molar-refractivity contribution in [3.8, 4) is 5.75 Å². The van der Waals surface area contributed by atoms with Gasteiger partial charge in [0.05, 0.1) is 12.6 Å². The summed E-state index contributed by atoms with van der Waals surface area (Å²) in [7, 11) is 0. The van der Waals surface area contributed by atoms with Gasteiger partial charge in [0.2, 0.25) is 23.6 Å². The summed E-state index contributed by atoms with van der Waals surface area (Å²) in [6, 6.07) is 0.778. The van der Waals surface area contributed by atoms with Crippen molar-refractivity contribution in [2.45, 2.75) is 63.7 Å². The third-order valence-electron chi connectivity index (χ3n) is 5.18. The Labute approximate surface area is 208 Å². The second-order valence-corrected chi connectivity index (χ2v) is 8.82. The van der Waals surface area contributed by atoms with Crippen LogP contribution in [-0.4, -0.2) is 75.7 Å². The Kier molecular flexibility index (Phi) is 12.3. The molecule has 13 nitrogen and oxygen atoms in total. The SMILES string of the molecule is CC(C)CC(NC(=O)C(N)CCC(N)=O)C(=O)NC(Cc1ccc(O)cc1)C(=O)NC(CO)C(=O)O. The van der Waals surface area contributed by atoms with E-state index in [1.165, 1.54) is 24.3 Å². The number of carboxylic acids is 1. The summed E-state index contributed by atoms with van der Waals surface area (Å²) < 4.78 is 0. The highest BCUT2D eigenvalue weighted by Crippen LogP contribution is 2.13. The minimum absolute atomic E-state index is 0.0117. The number of phenolic OH excluding ortho intramolecular Hbond substituents is 1. The van der Waals surface area contributed by atoms with Gasteiger partial charge in [0.25, 0.3) is 0 Å². The van der Waals surface area contributed by atoms with Gasteiger partial charge in [0, 0.05) is 12.8 Å². The van der Waals surface area contributed by atoms with Gasteiger partial charge < -0.3 is 42.7 Å². The van der Waals surface area contributed by atoms with Crippen LogP contribution in [0.2, 0.25) is 0 Å². The van der Waals surface area contributed by atoms with Gasteiger partial charge in [-0.25, -0.2) is 4.79 Å². The highest BCUT2D eigenvalue weighted by molar-refractivity contribution is 5.94. The number of aliphatic hydroxyl groups is 1. The van der Waals surface area contributed by atoms with Gasteiger partial charge in [-0.1, -0.05) is 26.0 Å². The summed E-state index contributed by atoms with van der Waals surface area (Å²) in [5.74, 6) is -4.40. The van der Waals surface area contributed by atoms with E-state index in [2.05, 4.69) is 16.0 Å². The topological polar surface area (TPSA) is 234 Å². The van der Waals surface area contributed by atoms with E-state index < -0.39 is 60.4 Å². The van der Waals surface area contributed by atoms with Gasteiger partial charge in [-0.15, -0.1) is 0 Å². The smallest absolute Gasteiger partial charge is 0.328 e. The summed E-state index contributed by atoms with van der Waals surface area (Å²) in [5, 5.41) is 35.1. The lowest BCUT2D eigenvalue weighted by molar-refractivity contribution is -0.143. The molecule has 0 fully saturated rings. The van der Waals surface area contributed by atoms with Crippen LogP contribution < -0.4 is 27.4 Å². The Hall–Kier alpha value is -3.71. The number of aromatic hydroxyl groups is 1. The van der Waals surface area contributed by atoms with Gasteiger partial charge in [-0.05, 0) is 36.5 Å². The Bertz CT molecular complexity index is 922. The number of rotatable bonds is 15. The van der Waals surface area contributed by atoms with E-state index in [0.29, 0.717) is 5.56 Å². The zero-order valence-electron chi connectivity index (χ0n) is 20.3. The number of primary amides is 1. The van der Waals surface area contributed by atoms with Crippen LogP contribution in [0.15, 0.2) is 24.3 Å². The van der Waals surface area contributed by atoms with E-state index in [1.54, 1.807) is 0 Å². The minimum Gasteiger partial charge on any atom is -0.508 e. The first-order valence-corrected chi connectivity index (χ1v) is 11.4. The van der Waals surface area contributed by atoms with E-state index in [-0.39, 0.29) is 37.4 Å². The molecule has 13 heteroatoms. The molecule has 0 heterocycles. The van der Waals surface area contributed by atoms with E-state index >= 15 is 0 Å². The van der Waals surface area contributed by atoms with Crippen LogP contribution in [0.5, 0.6) is 5.75 Å². The van der Waals surface area contributed by atoms with Crippen LogP contribution in [0.1, 0.15) is 38.7 Å². The van der Waals surface area contributed by atoms with Crippen molar-refractivity contribution < 1.29 is 39.3 Å². The Balaban J connectivity index is 3.09. The quantitative estimate of drug-likeness (QED) is 0.132. The lowest BCUT2D eigenvalue weighted by Crippen LogP contribution is -2.58. The number of amides is 4. The number of nitrogens with one attached hydrogen (secondary N) is 3. The number of hydrogen-bond donors (Lipinski definition) is 8. The molecule has 4 amide bonds. The fraction of sp³-hybridized carbons (Fsp3) is 0.522. The molecule has 10 N–H and O–H groups in total. The first-order valence-electron chi connectivity index (χ1n) is 11.4. The summed E-state index contributed by atoms with van der Waals surface area (Å²) in [4.78, 5) is 60.7. The van der Waals surface area contributed by atoms with Crippen molar-refractivity contribution >= 4 is 29.6 Å². The lowest BCUT2D eigenvalue weighted by atomic mass is 10.00. The van der Waals surface area contributed by atoms with Crippen molar-refractivity contribution in [3.63, 3.8) is 0 Å². The number of aliphatic carboxylic acids is 1. The predicted octanol–water partition coefficient (Wildman–Crippen LogP) is -1.90. The zero-order valence-corrected chi connectivity index (χ0v) is 20.3. The molecule has 0 bridgehead atoms. The molecule has 1 aromatic carbocycles. The maximum atomic E-state index is 13.1. The Morgan fingerprint density at radius 2 is 1.42 bits per heavy atom. The molecule has 1 rings (SSSR count). The predicted molar refractivity (Wildman–Crippen MR) is 128 cm³/mol. The van der Waals surface area contributed by atoms with Crippen molar-refractivity contribution in [3.05, 3.63) is 29.8 Å². The second kappa shape index (κ2) is 14.6. The molecule has 0 radical (unpaired) electrons.